The van der Waals surface area contributed by atoms with E-state index in [1.54, 1.807) is 0 Å². The van der Waals surface area contributed by atoms with Crippen LogP contribution in [0, 0.1) is 17.7 Å². The van der Waals surface area contributed by atoms with Crippen molar-refractivity contribution in [1.29, 1.82) is 0 Å². The van der Waals surface area contributed by atoms with Crippen molar-refractivity contribution < 1.29 is 14.3 Å². The minimum Gasteiger partial charge on any atom is -0.395 e. The molecule has 1 aromatic carbocycles. The van der Waals surface area contributed by atoms with Crippen molar-refractivity contribution in [3.05, 3.63) is 35.9 Å². The molecule has 0 saturated heterocycles. The first-order valence-corrected chi connectivity index (χ1v) is 6.09. The molecule has 1 heterocycles. The Kier molecular flexibility index (Phi) is 4.95. The summed E-state index contributed by atoms with van der Waals surface area (Å²) in [7, 11) is 0. The van der Waals surface area contributed by atoms with E-state index >= 15 is 0 Å². The molecule has 1 aromatic heterocycles. The van der Waals surface area contributed by atoms with E-state index in [1.807, 2.05) is 0 Å². The second kappa shape index (κ2) is 7.12. The Hall–Kier alpha value is -2.79. The van der Waals surface area contributed by atoms with Crippen LogP contribution >= 0.6 is 0 Å². The molecule has 1 amide bonds. The maximum atomic E-state index is 13.2. The lowest BCUT2D eigenvalue weighted by Gasteiger charge is -2.07. The number of hydrogen-bond acceptors (Lipinski definition) is 5. The SMILES string of the molecule is O=C(Cn1cnnn1)Nc1ccc(F)cc1C#CCCO. The number of halogens is 1. The largest absolute Gasteiger partial charge is 0.395 e. The first kappa shape index (κ1) is 14.6. The van der Waals surface area contributed by atoms with E-state index in [1.165, 1.54) is 29.2 Å². The molecule has 8 heteroatoms. The van der Waals surface area contributed by atoms with Gasteiger partial charge in [0.15, 0.2) is 0 Å². The Morgan fingerprint density at radius 2 is 2.33 bits per heavy atom. The molecule has 108 valence electrons. The number of hydrogen-bond donors (Lipinski definition) is 2. The van der Waals surface area contributed by atoms with Crippen LogP contribution in [0.25, 0.3) is 0 Å². The van der Waals surface area contributed by atoms with Crippen LogP contribution in [-0.2, 0) is 11.3 Å². The second-order valence-electron chi connectivity index (χ2n) is 4.02. The summed E-state index contributed by atoms with van der Waals surface area (Å²) in [6, 6.07) is 3.87. The van der Waals surface area contributed by atoms with Crippen molar-refractivity contribution in [2.45, 2.75) is 13.0 Å². The van der Waals surface area contributed by atoms with Gasteiger partial charge in [-0.25, -0.2) is 9.07 Å². The van der Waals surface area contributed by atoms with Gasteiger partial charge in [-0.3, -0.25) is 4.79 Å². The third-order valence-corrected chi connectivity index (χ3v) is 2.41. The lowest BCUT2D eigenvalue weighted by Crippen LogP contribution is -2.19. The minimum absolute atomic E-state index is 0.0616. The van der Waals surface area contributed by atoms with Gasteiger partial charge < -0.3 is 10.4 Å². The van der Waals surface area contributed by atoms with Gasteiger partial charge in [-0.1, -0.05) is 11.8 Å². The number of carbonyl (C=O) groups excluding carboxylic acids is 1. The third kappa shape index (κ3) is 4.36. The van der Waals surface area contributed by atoms with Gasteiger partial charge in [0.25, 0.3) is 0 Å². The van der Waals surface area contributed by atoms with E-state index < -0.39 is 5.82 Å². The molecule has 0 unspecified atom stereocenters. The van der Waals surface area contributed by atoms with Crippen molar-refractivity contribution >= 4 is 11.6 Å². The van der Waals surface area contributed by atoms with Gasteiger partial charge in [0.1, 0.15) is 18.7 Å². The number of benzene rings is 1. The summed E-state index contributed by atoms with van der Waals surface area (Å²) < 4.78 is 14.5. The highest BCUT2D eigenvalue weighted by atomic mass is 19.1. The average molecular weight is 289 g/mol. The molecule has 2 aromatic rings. The molecule has 0 radical (unpaired) electrons. The highest BCUT2D eigenvalue weighted by Crippen LogP contribution is 2.16. The molecular weight excluding hydrogens is 277 g/mol. The fourth-order valence-corrected chi connectivity index (χ4v) is 1.53. The molecule has 0 saturated carbocycles. The normalized spacial score (nSPS) is 9.81. The van der Waals surface area contributed by atoms with Crippen LogP contribution in [0.5, 0.6) is 0 Å². The monoisotopic (exact) mass is 289 g/mol. The number of nitrogens with zero attached hydrogens (tertiary/aromatic N) is 4. The number of tetrazole rings is 1. The predicted octanol–water partition coefficient (Wildman–Crippen LogP) is 0.185. The third-order valence-electron chi connectivity index (χ3n) is 2.41. The number of anilines is 1. The van der Waals surface area contributed by atoms with E-state index in [4.69, 9.17) is 5.11 Å². The topological polar surface area (TPSA) is 92.9 Å². The van der Waals surface area contributed by atoms with Crippen LogP contribution in [0.3, 0.4) is 0 Å². The van der Waals surface area contributed by atoms with Crippen molar-refractivity contribution in [3.63, 3.8) is 0 Å². The number of carbonyl (C=O) groups is 1. The molecule has 2 N–H and O–H groups in total. The van der Waals surface area contributed by atoms with E-state index in [0.717, 1.165) is 0 Å². The summed E-state index contributed by atoms with van der Waals surface area (Å²) in [4.78, 5) is 11.8. The molecule has 0 fully saturated rings. The highest BCUT2D eigenvalue weighted by molar-refractivity contribution is 5.91. The van der Waals surface area contributed by atoms with Gasteiger partial charge in [-0.2, -0.15) is 0 Å². The predicted molar refractivity (Wildman–Crippen MR) is 71.4 cm³/mol. The summed E-state index contributed by atoms with van der Waals surface area (Å²) in [5, 5.41) is 21.7. The first-order chi connectivity index (χ1) is 10.2. The Balaban J connectivity index is 2.12. The fraction of sp³-hybridized carbons (Fsp3) is 0.231. The minimum atomic E-state index is -0.457. The van der Waals surface area contributed by atoms with Gasteiger partial charge in [0.05, 0.1) is 17.9 Å². The number of aliphatic hydroxyl groups is 1. The van der Waals surface area contributed by atoms with E-state index in [-0.39, 0.29) is 25.5 Å². The smallest absolute Gasteiger partial charge is 0.246 e. The van der Waals surface area contributed by atoms with E-state index in [9.17, 15) is 9.18 Å². The summed E-state index contributed by atoms with van der Waals surface area (Å²) in [5.74, 6) is 4.57. The standard InChI is InChI=1S/C13H12FN5O2/c14-11-4-5-12(10(7-11)3-1-2-6-20)16-13(21)8-19-9-15-17-18-19/h4-5,7,9,20H,2,6,8H2,(H,16,21). The van der Waals surface area contributed by atoms with Gasteiger partial charge in [0, 0.05) is 6.42 Å². The van der Waals surface area contributed by atoms with E-state index in [2.05, 4.69) is 32.7 Å². The Labute approximate surface area is 119 Å². The van der Waals surface area contributed by atoms with Crippen LogP contribution in [0.2, 0.25) is 0 Å². The van der Waals surface area contributed by atoms with Crippen molar-refractivity contribution in [2.24, 2.45) is 0 Å². The number of aliphatic hydroxyl groups excluding tert-OH is 1. The maximum Gasteiger partial charge on any atom is 0.246 e. The Morgan fingerprint density at radius 1 is 1.48 bits per heavy atom. The number of nitrogens with one attached hydrogen (secondary N) is 1. The lowest BCUT2D eigenvalue weighted by molar-refractivity contribution is -0.116. The zero-order valence-corrected chi connectivity index (χ0v) is 11.0. The van der Waals surface area contributed by atoms with Gasteiger partial charge in [-0.05, 0) is 28.6 Å². The molecule has 0 aliphatic heterocycles. The number of aromatic nitrogens is 4. The van der Waals surface area contributed by atoms with Crippen molar-refractivity contribution in [2.75, 3.05) is 11.9 Å². The fourth-order valence-electron chi connectivity index (χ4n) is 1.53. The van der Waals surface area contributed by atoms with E-state index in [0.29, 0.717) is 11.3 Å². The first-order valence-electron chi connectivity index (χ1n) is 6.09. The molecule has 21 heavy (non-hydrogen) atoms. The quantitative estimate of drug-likeness (QED) is 0.783. The number of amides is 1. The summed E-state index contributed by atoms with van der Waals surface area (Å²) in [6.07, 6.45) is 1.58. The zero-order chi connectivity index (χ0) is 15.1. The number of rotatable bonds is 4. The second-order valence-corrected chi connectivity index (χ2v) is 4.02. The average Bonchev–Trinajstić information content (AvgIpc) is 2.95. The molecule has 0 atom stereocenters. The van der Waals surface area contributed by atoms with Crippen LogP contribution in [-0.4, -0.2) is 37.8 Å². The van der Waals surface area contributed by atoms with Crippen LogP contribution < -0.4 is 5.32 Å². The van der Waals surface area contributed by atoms with Gasteiger partial charge in [0.2, 0.25) is 5.91 Å². The molecule has 0 bridgehead atoms. The Bertz CT molecular complexity index is 676. The van der Waals surface area contributed by atoms with Crippen molar-refractivity contribution in [3.8, 4) is 11.8 Å². The molecule has 0 aliphatic rings. The molecular formula is C13H12FN5O2. The molecule has 7 nitrogen and oxygen atoms in total. The maximum absolute atomic E-state index is 13.2. The summed E-state index contributed by atoms with van der Waals surface area (Å²) in [6.45, 7) is -0.142. The van der Waals surface area contributed by atoms with Crippen LogP contribution in [0.4, 0.5) is 10.1 Å². The van der Waals surface area contributed by atoms with Gasteiger partial charge >= 0.3 is 0 Å². The van der Waals surface area contributed by atoms with Crippen molar-refractivity contribution in [1.82, 2.24) is 20.2 Å². The molecule has 2 rings (SSSR count). The molecule has 0 aliphatic carbocycles. The Morgan fingerprint density at radius 3 is 3.05 bits per heavy atom. The van der Waals surface area contributed by atoms with Crippen LogP contribution in [0.1, 0.15) is 12.0 Å². The zero-order valence-electron chi connectivity index (χ0n) is 11.0. The molecule has 0 spiro atoms. The highest BCUT2D eigenvalue weighted by Gasteiger charge is 2.08. The summed E-state index contributed by atoms with van der Waals surface area (Å²) in [5.41, 5.74) is 0.730. The van der Waals surface area contributed by atoms with Crippen LogP contribution in [0.15, 0.2) is 24.5 Å². The van der Waals surface area contributed by atoms with Gasteiger partial charge in [-0.15, -0.1) is 5.10 Å². The summed E-state index contributed by atoms with van der Waals surface area (Å²) >= 11 is 0. The lowest BCUT2D eigenvalue weighted by atomic mass is 10.1.